The van der Waals surface area contributed by atoms with Crippen molar-refractivity contribution in [1.82, 2.24) is 0 Å². The molecule has 0 saturated heterocycles. The van der Waals surface area contributed by atoms with Crippen LogP contribution < -0.4 is 5.73 Å². The molecule has 0 spiro atoms. The van der Waals surface area contributed by atoms with Crippen LogP contribution in [0, 0.1) is 0 Å². The number of esters is 1. The summed E-state index contributed by atoms with van der Waals surface area (Å²) in [6.07, 6.45) is -2.06. The number of phenols is 2. The highest BCUT2D eigenvalue weighted by Gasteiger charge is 2.29. The standard InChI is InChI=1S/C11H14FNO4.ClH/c1-2-17-11(16)9(12)10(13)7-4-3-6(14)5-8(7)15;/h3-5,9-10,14-15H,2,13H2,1H3;1H/t9?,10-;/m1./s1. The van der Waals surface area contributed by atoms with Crippen molar-refractivity contribution in [2.75, 3.05) is 6.61 Å². The Balaban J connectivity index is 0.00000289. The number of nitrogens with two attached hydrogens (primary N) is 1. The van der Waals surface area contributed by atoms with Crippen LogP contribution in [-0.2, 0) is 9.53 Å². The van der Waals surface area contributed by atoms with Crippen LogP contribution in [0.3, 0.4) is 0 Å². The topological polar surface area (TPSA) is 92.8 Å². The van der Waals surface area contributed by atoms with E-state index < -0.39 is 18.2 Å². The minimum absolute atomic E-state index is 0. The molecule has 0 aliphatic heterocycles. The molecule has 1 rings (SSSR count). The molecule has 1 aromatic carbocycles. The summed E-state index contributed by atoms with van der Waals surface area (Å²) in [7, 11) is 0. The number of hydrogen-bond acceptors (Lipinski definition) is 5. The Morgan fingerprint density at radius 1 is 1.50 bits per heavy atom. The van der Waals surface area contributed by atoms with Gasteiger partial charge < -0.3 is 20.7 Å². The molecule has 0 aromatic heterocycles. The van der Waals surface area contributed by atoms with Gasteiger partial charge in [0.25, 0.3) is 0 Å². The van der Waals surface area contributed by atoms with Gasteiger partial charge in [-0.3, -0.25) is 0 Å². The number of rotatable bonds is 4. The number of halogens is 2. The van der Waals surface area contributed by atoms with E-state index in [0.717, 1.165) is 6.07 Å². The van der Waals surface area contributed by atoms with Crippen molar-refractivity contribution in [2.24, 2.45) is 5.73 Å². The highest BCUT2D eigenvalue weighted by atomic mass is 35.5. The van der Waals surface area contributed by atoms with E-state index in [4.69, 9.17) is 10.8 Å². The third-order valence-electron chi connectivity index (χ3n) is 2.20. The van der Waals surface area contributed by atoms with Gasteiger partial charge in [-0.15, -0.1) is 12.4 Å². The maximum atomic E-state index is 13.6. The van der Waals surface area contributed by atoms with Gasteiger partial charge >= 0.3 is 5.97 Å². The van der Waals surface area contributed by atoms with Crippen molar-refractivity contribution in [1.29, 1.82) is 0 Å². The quantitative estimate of drug-likeness (QED) is 0.725. The monoisotopic (exact) mass is 279 g/mol. The maximum absolute atomic E-state index is 13.6. The molecule has 1 aromatic rings. The maximum Gasteiger partial charge on any atom is 0.342 e. The van der Waals surface area contributed by atoms with Crippen molar-refractivity contribution in [2.45, 2.75) is 19.1 Å². The number of phenolic OH excluding ortho intramolecular Hbond substituents is 2. The average molecular weight is 280 g/mol. The molecular weight excluding hydrogens is 265 g/mol. The zero-order valence-electron chi connectivity index (χ0n) is 9.67. The fourth-order valence-electron chi connectivity index (χ4n) is 1.34. The first-order valence-corrected chi connectivity index (χ1v) is 5.05. The van der Waals surface area contributed by atoms with E-state index >= 15 is 0 Å². The minimum Gasteiger partial charge on any atom is -0.508 e. The Hall–Kier alpha value is -1.53. The van der Waals surface area contributed by atoms with Crippen LogP contribution in [0.2, 0.25) is 0 Å². The van der Waals surface area contributed by atoms with E-state index in [1.54, 1.807) is 6.92 Å². The van der Waals surface area contributed by atoms with Crippen molar-refractivity contribution in [3.8, 4) is 11.5 Å². The molecule has 102 valence electrons. The molecule has 0 aliphatic carbocycles. The van der Waals surface area contributed by atoms with Crippen LogP contribution in [0.25, 0.3) is 0 Å². The van der Waals surface area contributed by atoms with Gasteiger partial charge in [-0.25, -0.2) is 9.18 Å². The van der Waals surface area contributed by atoms with E-state index in [0.29, 0.717) is 0 Å². The van der Waals surface area contributed by atoms with Crippen LogP contribution in [0.1, 0.15) is 18.5 Å². The van der Waals surface area contributed by atoms with Gasteiger partial charge in [0, 0.05) is 11.6 Å². The fraction of sp³-hybridized carbons (Fsp3) is 0.364. The molecule has 7 heteroatoms. The van der Waals surface area contributed by atoms with E-state index in [1.807, 2.05) is 0 Å². The van der Waals surface area contributed by atoms with Gasteiger partial charge in [-0.05, 0) is 19.1 Å². The minimum atomic E-state index is -2.06. The molecule has 0 fully saturated rings. The van der Waals surface area contributed by atoms with Crippen LogP contribution >= 0.6 is 12.4 Å². The van der Waals surface area contributed by atoms with E-state index in [2.05, 4.69) is 4.74 Å². The van der Waals surface area contributed by atoms with E-state index in [1.165, 1.54) is 12.1 Å². The molecular formula is C11H15ClFNO4. The van der Waals surface area contributed by atoms with Crippen molar-refractivity contribution in [3.05, 3.63) is 23.8 Å². The SMILES string of the molecule is CCOC(=O)C(F)[C@H](N)c1ccc(O)cc1O.Cl. The molecule has 5 nitrogen and oxygen atoms in total. The number of carbonyl (C=O) groups excluding carboxylic acids is 1. The largest absolute Gasteiger partial charge is 0.508 e. The average Bonchev–Trinajstić information content (AvgIpc) is 2.27. The predicted molar refractivity (Wildman–Crippen MR) is 65.5 cm³/mol. The molecule has 0 bridgehead atoms. The number of ether oxygens (including phenoxy) is 1. The zero-order chi connectivity index (χ0) is 13.0. The third kappa shape index (κ3) is 3.75. The first-order chi connectivity index (χ1) is 7.97. The molecule has 0 amide bonds. The fourth-order valence-corrected chi connectivity index (χ4v) is 1.34. The van der Waals surface area contributed by atoms with Crippen molar-refractivity contribution in [3.63, 3.8) is 0 Å². The Labute approximate surface area is 110 Å². The third-order valence-corrected chi connectivity index (χ3v) is 2.20. The number of aromatic hydroxyl groups is 2. The summed E-state index contributed by atoms with van der Waals surface area (Å²) in [4.78, 5) is 11.1. The molecule has 0 heterocycles. The van der Waals surface area contributed by atoms with Gasteiger partial charge in [-0.1, -0.05) is 0 Å². The molecule has 2 atom stereocenters. The van der Waals surface area contributed by atoms with Crippen LogP contribution in [0.5, 0.6) is 11.5 Å². The van der Waals surface area contributed by atoms with Crippen LogP contribution in [0.15, 0.2) is 18.2 Å². The number of alkyl halides is 1. The van der Waals surface area contributed by atoms with Crippen LogP contribution in [0.4, 0.5) is 4.39 Å². The lowest BCUT2D eigenvalue weighted by molar-refractivity contribution is -0.149. The summed E-state index contributed by atoms with van der Waals surface area (Å²) >= 11 is 0. The summed E-state index contributed by atoms with van der Waals surface area (Å²) in [6.45, 7) is 1.60. The summed E-state index contributed by atoms with van der Waals surface area (Å²) in [6, 6.07) is 2.18. The number of hydrogen-bond donors (Lipinski definition) is 3. The van der Waals surface area contributed by atoms with Gasteiger partial charge in [0.2, 0.25) is 6.17 Å². The van der Waals surface area contributed by atoms with Crippen molar-refractivity contribution >= 4 is 18.4 Å². The summed E-state index contributed by atoms with van der Waals surface area (Å²) in [5, 5.41) is 18.5. The lowest BCUT2D eigenvalue weighted by atomic mass is 10.0. The normalized spacial score (nSPS) is 13.3. The van der Waals surface area contributed by atoms with Gasteiger partial charge in [-0.2, -0.15) is 0 Å². The molecule has 4 N–H and O–H groups in total. The second-order valence-electron chi connectivity index (χ2n) is 3.42. The summed E-state index contributed by atoms with van der Waals surface area (Å²) < 4.78 is 18.1. The number of benzene rings is 1. The molecule has 18 heavy (non-hydrogen) atoms. The first kappa shape index (κ1) is 16.5. The van der Waals surface area contributed by atoms with Crippen molar-refractivity contribution < 1.29 is 24.1 Å². The Kier molecular flexibility index (Phi) is 6.43. The molecule has 0 saturated carbocycles. The van der Waals surface area contributed by atoms with Gasteiger partial charge in [0.1, 0.15) is 11.5 Å². The summed E-state index contributed by atoms with van der Waals surface area (Å²) in [5.41, 5.74) is 5.53. The smallest absolute Gasteiger partial charge is 0.342 e. The van der Waals surface area contributed by atoms with E-state index in [-0.39, 0.29) is 36.1 Å². The lowest BCUT2D eigenvalue weighted by Crippen LogP contribution is -2.31. The second-order valence-corrected chi connectivity index (χ2v) is 3.42. The summed E-state index contributed by atoms with van der Waals surface area (Å²) in [5.74, 6) is -1.62. The second kappa shape index (κ2) is 7.03. The molecule has 1 unspecified atom stereocenters. The highest BCUT2D eigenvalue weighted by Crippen LogP contribution is 2.29. The molecule has 0 radical (unpaired) electrons. The molecule has 0 aliphatic rings. The van der Waals surface area contributed by atoms with Gasteiger partial charge in [0.15, 0.2) is 0 Å². The Morgan fingerprint density at radius 3 is 2.61 bits per heavy atom. The Bertz CT molecular complexity index is 416. The Morgan fingerprint density at radius 2 is 2.11 bits per heavy atom. The van der Waals surface area contributed by atoms with E-state index in [9.17, 15) is 14.3 Å². The zero-order valence-corrected chi connectivity index (χ0v) is 10.5. The lowest BCUT2D eigenvalue weighted by Gasteiger charge is -2.16. The van der Waals surface area contributed by atoms with Crippen LogP contribution in [-0.4, -0.2) is 29.0 Å². The predicted octanol–water partition coefficient (Wildman–Crippen LogP) is 1.42. The highest BCUT2D eigenvalue weighted by molar-refractivity contribution is 5.85. The number of carbonyl (C=O) groups is 1. The first-order valence-electron chi connectivity index (χ1n) is 5.05. The van der Waals surface area contributed by atoms with Gasteiger partial charge in [0.05, 0.1) is 12.6 Å².